The number of amidine groups is 1. The normalized spacial score (nSPS) is 13.8. The van der Waals surface area contributed by atoms with Gasteiger partial charge in [-0.1, -0.05) is 0 Å². The summed E-state index contributed by atoms with van der Waals surface area (Å²) in [5.74, 6) is 0.0806. The zero-order valence-electron chi connectivity index (χ0n) is 4.05. The lowest BCUT2D eigenvalue weighted by Gasteiger charge is -1.75. The molecular formula is C4H4N2O2. The van der Waals surface area contributed by atoms with Crippen molar-refractivity contribution in [3.8, 4) is 0 Å². The molecule has 0 radical (unpaired) electrons. The fourth-order valence-electron chi connectivity index (χ4n) is 0.325. The molecule has 1 heterocycles. The largest absolute Gasteiger partial charge is 0.303 e. The highest BCUT2D eigenvalue weighted by molar-refractivity contribution is 6.44. The van der Waals surface area contributed by atoms with E-state index >= 15 is 0 Å². The third kappa shape index (κ3) is 0.900. The maximum absolute atomic E-state index is 10.4. The number of aldehydes is 1. The van der Waals surface area contributed by atoms with E-state index in [4.69, 9.17) is 0 Å². The molecule has 0 fully saturated rings. The average Bonchev–Trinajstić information content (AvgIpc) is 2.45. The van der Waals surface area contributed by atoms with Crippen molar-refractivity contribution in [3.63, 3.8) is 0 Å². The average molecular weight is 112 g/mol. The van der Waals surface area contributed by atoms with E-state index in [-0.39, 0.29) is 12.2 Å². The summed E-state index contributed by atoms with van der Waals surface area (Å²) in [7, 11) is 0. The van der Waals surface area contributed by atoms with E-state index in [1.54, 1.807) is 0 Å². The highest BCUT2D eigenvalue weighted by atomic mass is 16.1. The van der Waals surface area contributed by atoms with Crippen LogP contribution in [-0.2, 0) is 9.59 Å². The fourth-order valence-corrected chi connectivity index (χ4v) is 0.325. The SMILES string of the molecule is O=CCC(=O)C1=NN1. The Kier molecular flexibility index (Phi) is 1.07. The van der Waals surface area contributed by atoms with Crippen LogP contribution in [0, 0.1) is 0 Å². The van der Waals surface area contributed by atoms with Crippen molar-refractivity contribution in [1.82, 2.24) is 5.43 Å². The fraction of sp³-hybridized carbons (Fsp3) is 0.250. The van der Waals surface area contributed by atoms with Gasteiger partial charge in [0.25, 0.3) is 0 Å². The Morgan fingerprint density at radius 2 is 2.50 bits per heavy atom. The molecule has 0 aromatic heterocycles. The summed E-state index contributed by atoms with van der Waals surface area (Å²) < 4.78 is 0. The Labute approximate surface area is 45.6 Å². The zero-order valence-corrected chi connectivity index (χ0v) is 4.05. The van der Waals surface area contributed by atoms with Crippen LogP contribution in [0.15, 0.2) is 5.10 Å². The third-order valence-corrected chi connectivity index (χ3v) is 0.756. The number of hydrogen-bond acceptors (Lipinski definition) is 4. The molecule has 0 unspecified atom stereocenters. The second-order valence-corrected chi connectivity index (χ2v) is 1.37. The molecule has 8 heavy (non-hydrogen) atoms. The number of rotatable bonds is 3. The Balaban J connectivity index is 2.34. The first-order valence-electron chi connectivity index (χ1n) is 2.15. The van der Waals surface area contributed by atoms with Gasteiger partial charge >= 0.3 is 0 Å². The van der Waals surface area contributed by atoms with E-state index in [2.05, 4.69) is 10.5 Å². The molecule has 0 aromatic rings. The summed E-state index contributed by atoms with van der Waals surface area (Å²) in [5, 5.41) is 3.38. The van der Waals surface area contributed by atoms with Gasteiger partial charge < -0.3 is 4.79 Å². The number of carbonyl (C=O) groups is 2. The van der Waals surface area contributed by atoms with Crippen molar-refractivity contribution >= 4 is 17.9 Å². The molecule has 0 saturated heterocycles. The standard InChI is InChI=1S/C4H4N2O2/c7-2-1-3(8)4-5-6-4/h2H,1H2,(H,5,6). The quantitative estimate of drug-likeness (QED) is 0.378. The second kappa shape index (κ2) is 1.73. The Morgan fingerprint density at radius 3 is 2.88 bits per heavy atom. The minimum atomic E-state index is -0.236. The molecule has 1 rings (SSSR count). The van der Waals surface area contributed by atoms with Gasteiger partial charge in [-0.25, -0.2) is 0 Å². The smallest absolute Gasteiger partial charge is 0.210 e. The predicted molar refractivity (Wildman–Crippen MR) is 26.3 cm³/mol. The molecule has 42 valence electrons. The molecule has 0 aliphatic carbocycles. The Morgan fingerprint density at radius 1 is 1.88 bits per heavy atom. The highest BCUT2D eigenvalue weighted by Crippen LogP contribution is 1.90. The molecule has 0 aromatic carbocycles. The van der Waals surface area contributed by atoms with Crippen LogP contribution >= 0.6 is 0 Å². The monoisotopic (exact) mass is 112 g/mol. The first-order valence-corrected chi connectivity index (χ1v) is 2.15. The van der Waals surface area contributed by atoms with Gasteiger partial charge in [-0.15, -0.1) is 0 Å². The molecule has 1 aliphatic heterocycles. The van der Waals surface area contributed by atoms with Crippen molar-refractivity contribution in [2.24, 2.45) is 5.10 Å². The lowest BCUT2D eigenvalue weighted by atomic mass is 10.3. The van der Waals surface area contributed by atoms with Gasteiger partial charge in [-0.3, -0.25) is 10.2 Å². The number of nitrogens with one attached hydrogen (secondary N) is 1. The molecule has 0 saturated carbocycles. The van der Waals surface area contributed by atoms with Crippen molar-refractivity contribution in [2.45, 2.75) is 6.42 Å². The molecule has 0 atom stereocenters. The molecule has 0 bridgehead atoms. The third-order valence-electron chi connectivity index (χ3n) is 0.756. The van der Waals surface area contributed by atoms with Crippen LogP contribution in [0.4, 0.5) is 0 Å². The molecule has 1 N–H and O–H groups in total. The number of Topliss-reactive ketones (excluding diaryl/α,β-unsaturated/α-hetero) is 1. The van der Waals surface area contributed by atoms with E-state index in [0.29, 0.717) is 12.1 Å². The maximum atomic E-state index is 10.4. The second-order valence-electron chi connectivity index (χ2n) is 1.37. The molecule has 4 heteroatoms. The van der Waals surface area contributed by atoms with E-state index in [0.717, 1.165) is 0 Å². The van der Waals surface area contributed by atoms with E-state index in [1.165, 1.54) is 0 Å². The van der Waals surface area contributed by atoms with Crippen LogP contribution in [0.2, 0.25) is 0 Å². The summed E-state index contributed by atoms with van der Waals surface area (Å²) in [4.78, 5) is 20.0. The number of hydrazone groups is 1. The summed E-state index contributed by atoms with van der Waals surface area (Å²) in [5.41, 5.74) is 2.35. The molecular weight excluding hydrogens is 108 g/mol. The Bertz CT molecular complexity index is 161. The summed E-state index contributed by atoms with van der Waals surface area (Å²) >= 11 is 0. The first-order chi connectivity index (χ1) is 3.84. The Hall–Kier alpha value is -1.19. The van der Waals surface area contributed by atoms with E-state index in [9.17, 15) is 9.59 Å². The lowest BCUT2D eigenvalue weighted by Crippen LogP contribution is -2.09. The van der Waals surface area contributed by atoms with Gasteiger partial charge in [0.05, 0.1) is 6.42 Å². The van der Waals surface area contributed by atoms with Gasteiger partial charge in [0, 0.05) is 0 Å². The van der Waals surface area contributed by atoms with Crippen molar-refractivity contribution in [3.05, 3.63) is 0 Å². The van der Waals surface area contributed by atoms with Crippen LogP contribution < -0.4 is 5.43 Å². The van der Waals surface area contributed by atoms with Crippen LogP contribution in [0.5, 0.6) is 0 Å². The minimum Gasteiger partial charge on any atom is -0.303 e. The first kappa shape index (κ1) is 4.96. The molecule has 1 aliphatic rings. The van der Waals surface area contributed by atoms with E-state index < -0.39 is 0 Å². The molecule has 0 amide bonds. The van der Waals surface area contributed by atoms with Crippen molar-refractivity contribution in [1.29, 1.82) is 0 Å². The summed E-state index contributed by atoms with van der Waals surface area (Å²) in [6.07, 6.45) is 0.497. The molecule has 0 spiro atoms. The number of ketones is 1. The van der Waals surface area contributed by atoms with Crippen LogP contribution in [0.3, 0.4) is 0 Å². The topological polar surface area (TPSA) is 68.4 Å². The van der Waals surface area contributed by atoms with E-state index in [1.807, 2.05) is 0 Å². The van der Waals surface area contributed by atoms with Crippen LogP contribution in [0.25, 0.3) is 0 Å². The summed E-state index contributed by atoms with van der Waals surface area (Å²) in [6.45, 7) is 0. The highest BCUT2D eigenvalue weighted by Gasteiger charge is 2.17. The maximum Gasteiger partial charge on any atom is 0.210 e. The van der Waals surface area contributed by atoms with Crippen molar-refractivity contribution in [2.75, 3.05) is 0 Å². The number of nitrogens with zero attached hydrogens (tertiary/aromatic N) is 1. The van der Waals surface area contributed by atoms with Gasteiger partial charge in [0.15, 0.2) is 0 Å². The van der Waals surface area contributed by atoms with Crippen LogP contribution in [-0.4, -0.2) is 17.9 Å². The molecule has 4 nitrogen and oxygen atoms in total. The van der Waals surface area contributed by atoms with Gasteiger partial charge in [0.1, 0.15) is 6.29 Å². The lowest BCUT2D eigenvalue weighted by molar-refractivity contribution is -0.117. The predicted octanol–water partition coefficient (Wildman–Crippen LogP) is -0.939. The van der Waals surface area contributed by atoms with Gasteiger partial charge in [0.2, 0.25) is 11.6 Å². The minimum absolute atomic E-state index is 0.0637. The van der Waals surface area contributed by atoms with Crippen molar-refractivity contribution < 1.29 is 9.59 Å². The van der Waals surface area contributed by atoms with Gasteiger partial charge in [-0.05, 0) is 0 Å². The zero-order chi connectivity index (χ0) is 5.98. The van der Waals surface area contributed by atoms with Crippen LogP contribution in [0.1, 0.15) is 6.42 Å². The van der Waals surface area contributed by atoms with Gasteiger partial charge in [-0.2, -0.15) is 5.10 Å². The number of carbonyl (C=O) groups excluding carboxylic acids is 2. The number of hydrogen-bond donors (Lipinski definition) is 1. The summed E-state index contributed by atoms with van der Waals surface area (Å²) in [6, 6.07) is 0.